The standard InChI is InChI=1S/C31H37ClN2O4/c1-3-4-19-33-31(36)29(22-24-10-6-5-7-11-24)34(23-25-12-8-13-26(32)21-25)30(35)14-9-20-38-28-17-15-27(37-2)16-18-28/h5-8,10-13,15-18,21,29H,3-4,9,14,19-20,22-23H2,1-2H3,(H,33,36). The average Bonchev–Trinajstić information content (AvgIpc) is 2.94. The van der Waals surface area contributed by atoms with Crippen LogP contribution >= 0.6 is 11.6 Å². The first-order chi connectivity index (χ1) is 18.5. The smallest absolute Gasteiger partial charge is 0.243 e. The summed E-state index contributed by atoms with van der Waals surface area (Å²) in [6.45, 7) is 3.33. The molecule has 7 heteroatoms. The second-order valence-electron chi connectivity index (χ2n) is 9.13. The van der Waals surface area contributed by atoms with E-state index in [0.717, 1.165) is 29.7 Å². The number of nitrogens with one attached hydrogen (secondary N) is 1. The van der Waals surface area contributed by atoms with Crippen LogP contribution in [-0.2, 0) is 22.6 Å². The number of methoxy groups -OCH3 is 1. The van der Waals surface area contributed by atoms with Gasteiger partial charge >= 0.3 is 0 Å². The Hall–Kier alpha value is -3.51. The maximum atomic E-state index is 13.6. The summed E-state index contributed by atoms with van der Waals surface area (Å²) in [5, 5.41) is 3.63. The molecule has 0 fully saturated rings. The lowest BCUT2D eigenvalue weighted by atomic mass is 10.0. The van der Waals surface area contributed by atoms with Gasteiger partial charge in [0.25, 0.3) is 0 Å². The number of rotatable bonds is 15. The Labute approximate surface area is 230 Å². The minimum atomic E-state index is -0.650. The van der Waals surface area contributed by atoms with Crippen molar-refractivity contribution in [3.8, 4) is 11.5 Å². The summed E-state index contributed by atoms with van der Waals surface area (Å²) < 4.78 is 11.0. The van der Waals surface area contributed by atoms with E-state index >= 15 is 0 Å². The van der Waals surface area contributed by atoms with Crippen molar-refractivity contribution in [2.45, 2.75) is 51.6 Å². The van der Waals surface area contributed by atoms with Crippen molar-refractivity contribution in [1.29, 1.82) is 0 Å². The Morgan fingerprint density at radius 3 is 2.32 bits per heavy atom. The number of halogens is 1. The zero-order valence-electron chi connectivity index (χ0n) is 22.2. The molecule has 1 N–H and O–H groups in total. The van der Waals surface area contributed by atoms with E-state index in [0.29, 0.717) is 36.8 Å². The molecule has 6 nitrogen and oxygen atoms in total. The van der Waals surface area contributed by atoms with E-state index in [1.165, 1.54) is 0 Å². The third-order valence-electron chi connectivity index (χ3n) is 6.21. The van der Waals surface area contributed by atoms with E-state index in [-0.39, 0.29) is 24.8 Å². The van der Waals surface area contributed by atoms with Crippen LogP contribution in [0.2, 0.25) is 5.02 Å². The van der Waals surface area contributed by atoms with Crippen LogP contribution in [0.3, 0.4) is 0 Å². The van der Waals surface area contributed by atoms with Crippen LogP contribution in [0.1, 0.15) is 43.7 Å². The molecule has 0 saturated heterocycles. The number of nitrogens with zero attached hydrogens (tertiary/aromatic N) is 1. The molecule has 0 aliphatic carbocycles. The van der Waals surface area contributed by atoms with E-state index in [4.69, 9.17) is 21.1 Å². The van der Waals surface area contributed by atoms with Gasteiger partial charge in [0.05, 0.1) is 13.7 Å². The maximum Gasteiger partial charge on any atom is 0.243 e. The Kier molecular flexibility index (Phi) is 12.0. The van der Waals surface area contributed by atoms with Gasteiger partial charge in [-0.2, -0.15) is 0 Å². The van der Waals surface area contributed by atoms with E-state index in [9.17, 15) is 9.59 Å². The fourth-order valence-corrected chi connectivity index (χ4v) is 4.33. The molecule has 1 unspecified atom stereocenters. The molecule has 0 saturated carbocycles. The number of ether oxygens (including phenoxy) is 2. The van der Waals surface area contributed by atoms with Gasteiger partial charge in [0.1, 0.15) is 17.5 Å². The van der Waals surface area contributed by atoms with Gasteiger partial charge < -0.3 is 19.7 Å². The number of unbranched alkanes of at least 4 members (excludes halogenated alkanes) is 1. The Morgan fingerprint density at radius 1 is 0.921 bits per heavy atom. The molecule has 0 bridgehead atoms. The highest BCUT2D eigenvalue weighted by atomic mass is 35.5. The molecule has 202 valence electrons. The van der Waals surface area contributed by atoms with Crippen LogP contribution in [-0.4, -0.2) is 43.0 Å². The number of hydrogen-bond donors (Lipinski definition) is 1. The van der Waals surface area contributed by atoms with Gasteiger partial charge in [0.15, 0.2) is 0 Å². The molecule has 3 rings (SSSR count). The molecule has 3 aromatic carbocycles. The summed E-state index contributed by atoms with van der Waals surface area (Å²) in [4.78, 5) is 28.7. The molecule has 0 spiro atoms. The number of hydrogen-bond acceptors (Lipinski definition) is 4. The highest BCUT2D eigenvalue weighted by Gasteiger charge is 2.30. The van der Waals surface area contributed by atoms with Crippen molar-refractivity contribution in [3.05, 3.63) is 95.0 Å². The highest BCUT2D eigenvalue weighted by Crippen LogP contribution is 2.20. The van der Waals surface area contributed by atoms with Crippen LogP contribution in [0.4, 0.5) is 0 Å². The summed E-state index contributed by atoms with van der Waals surface area (Å²) in [5.74, 6) is 1.22. The van der Waals surface area contributed by atoms with Crippen molar-refractivity contribution in [2.75, 3.05) is 20.3 Å². The van der Waals surface area contributed by atoms with E-state index in [1.807, 2.05) is 72.8 Å². The molecule has 0 aliphatic heterocycles. The predicted octanol–water partition coefficient (Wildman–Crippen LogP) is 6.06. The highest BCUT2D eigenvalue weighted by molar-refractivity contribution is 6.30. The lowest BCUT2D eigenvalue weighted by molar-refractivity contribution is -0.141. The molecule has 0 heterocycles. The number of benzene rings is 3. The number of carbonyl (C=O) groups is 2. The molecule has 0 aromatic heterocycles. The van der Waals surface area contributed by atoms with Crippen molar-refractivity contribution in [1.82, 2.24) is 10.2 Å². The molecular weight excluding hydrogens is 500 g/mol. The average molecular weight is 537 g/mol. The summed E-state index contributed by atoms with van der Waals surface area (Å²) in [6.07, 6.45) is 3.06. The van der Waals surface area contributed by atoms with E-state index < -0.39 is 6.04 Å². The second kappa shape index (κ2) is 15.7. The summed E-state index contributed by atoms with van der Waals surface area (Å²) in [7, 11) is 1.62. The summed E-state index contributed by atoms with van der Waals surface area (Å²) in [5.41, 5.74) is 1.87. The molecule has 0 aliphatic rings. The fourth-order valence-electron chi connectivity index (χ4n) is 4.12. The van der Waals surface area contributed by atoms with Gasteiger partial charge in [-0.3, -0.25) is 9.59 Å². The van der Waals surface area contributed by atoms with E-state index in [1.54, 1.807) is 18.1 Å². The van der Waals surface area contributed by atoms with Gasteiger partial charge in [-0.25, -0.2) is 0 Å². The molecule has 0 radical (unpaired) electrons. The minimum Gasteiger partial charge on any atom is -0.497 e. The Balaban J connectivity index is 1.75. The predicted molar refractivity (Wildman–Crippen MR) is 152 cm³/mol. The van der Waals surface area contributed by atoms with Crippen LogP contribution in [0.15, 0.2) is 78.9 Å². The normalized spacial score (nSPS) is 11.4. The van der Waals surface area contributed by atoms with Crippen molar-refractivity contribution in [3.63, 3.8) is 0 Å². The Morgan fingerprint density at radius 2 is 1.63 bits per heavy atom. The molecule has 38 heavy (non-hydrogen) atoms. The molecular formula is C31H37ClN2O4. The zero-order valence-corrected chi connectivity index (χ0v) is 23.0. The monoisotopic (exact) mass is 536 g/mol. The van der Waals surface area contributed by atoms with Crippen LogP contribution in [0.25, 0.3) is 0 Å². The first kappa shape index (κ1) is 29.1. The van der Waals surface area contributed by atoms with Gasteiger partial charge in [0, 0.05) is 31.0 Å². The largest absolute Gasteiger partial charge is 0.497 e. The SMILES string of the molecule is CCCCNC(=O)C(Cc1ccccc1)N(Cc1cccc(Cl)c1)C(=O)CCCOc1ccc(OC)cc1. The lowest BCUT2D eigenvalue weighted by Crippen LogP contribution is -2.50. The number of amides is 2. The van der Waals surface area contributed by atoms with E-state index in [2.05, 4.69) is 12.2 Å². The van der Waals surface area contributed by atoms with Crippen LogP contribution < -0.4 is 14.8 Å². The van der Waals surface area contributed by atoms with Gasteiger partial charge in [-0.15, -0.1) is 0 Å². The third-order valence-corrected chi connectivity index (χ3v) is 6.44. The lowest BCUT2D eigenvalue weighted by Gasteiger charge is -2.31. The summed E-state index contributed by atoms with van der Waals surface area (Å²) in [6, 6.07) is 23.9. The molecule has 3 aromatic rings. The summed E-state index contributed by atoms with van der Waals surface area (Å²) >= 11 is 6.24. The van der Waals surface area contributed by atoms with Crippen molar-refractivity contribution >= 4 is 23.4 Å². The van der Waals surface area contributed by atoms with Crippen molar-refractivity contribution in [2.24, 2.45) is 0 Å². The van der Waals surface area contributed by atoms with Gasteiger partial charge in [0.2, 0.25) is 11.8 Å². The minimum absolute atomic E-state index is 0.102. The first-order valence-electron chi connectivity index (χ1n) is 13.1. The third kappa shape index (κ3) is 9.42. The zero-order chi connectivity index (χ0) is 27.2. The second-order valence-corrected chi connectivity index (χ2v) is 9.57. The van der Waals surface area contributed by atoms with Crippen LogP contribution in [0, 0.1) is 0 Å². The topological polar surface area (TPSA) is 67.9 Å². The first-order valence-corrected chi connectivity index (χ1v) is 13.5. The maximum absolute atomic E-state index is 13.6. The Bertz CT molecular complexity index is 1140. The molecule has 1 atom stereocenters. The van der Waals surface area contributed by atoms with Gasteiger partial charge in [-0.05, 0) is 60.4 Å². The van der Waals surface area contributed by atoms with Gasteiger partial charge in [-0.1, -0.05) is 67.4 Å². The quantitative estimate of drug-likeness (QED) is 0.240. The van der Waals surface area contributed by atoms with Crippen LogP contribution in [0.5, 0.6) is 11.5 Å². The number of carbonyl (C=O) groups excluding carboxylic acids is 2. The van der Waals surface area contributed by atoms with Crippen molar-refractivity contribution < 1.29 is 19.1 Å². The molecule has 2 amide bonds. The fraction of sp³-hybridized carbons (Fsp3) is 0.355.